The van der Waals surface area contributed by atoms with Crippen LogP contribution >= 0.6 is 0 Å². The van der Waals surface area contributed by atoms with E-state index in [1.165, 1.54) is 11.3 Å². The Morgan fingerprint density at radius 2 is 1.97 bits per heavy atom. The van der Waals surface area contributed by atoms with Crippen LogP contribution in [0.2, 0.25) is 0 Å². The van der Waals surface area contributed by atoms with E-state index in [1.54, 1.807) is 0 Å². The van der Waals surface area contributed by atoms with Crippen LogP contribution in [0.4, 0.5) is 11.6 Å². The van der Waals surface area contributed by atoms with Gasteiger partial charge in [-0.05, 0) is 25.3 Å². The highest BCUT2D eigenvalue weighted by molar-refractivity contribution is 5.64. The molecule has 6 rings (SSSR count). The Morgan fingerprint density at radius 1 is 1.06 bits per heavy atom. The van der Waals surface area contributed by atoms with Crippen LogP contribution in [0.3, 0.4) is 0 Å². The zero-order valence-corrected chi connectivity index (χ0v) is 18.0. The number of ether oxygens (including phenoxy) is 3. The molecule has 2 unspecified atom stereocenters. The molecule has 2 fully saturated rings. The summed E-state index contributed by atoms with van der Waals surface area (Å²) in [5.74, 6) is 2.04. The van der Waals surface area contributed by atoms with Crippen molar-refractivity contribution in [1.82, 2.24) is 14.6 Å². The largest absolute Gasteiger partial charge is 0.378 e. The van der Waals surface area contributed by atoms with Crippen LogP contribution < -0.4 is 9.80 Å². The smallest absolute Gasteiger partial charge is 0.160 e. The molecule has 2 atom stereocenters. The zero-order valence-electron chi connectivity index (χ0n) is 18.0. The lowest BCUT2D eigenvalue weighted by Gasteiger charge is -2.38. The second-order valence-corrected chi connectivity index (χ2v) is 8.66. The summed E-state index contributed by atoms with van der Waals surface area (Å²) in [7, 11) is 0. The van der Waals surface area contributed by atoms with Gasteiger partial charge in [0.1, 0.15) is 17.7 Å². The summed E-state index contributed by atoms with van der Waals surface area (Å²) >= 11 is 0. The highest BCUT2D eigenvalue weighted by atomic mass is 16.5. The van der Waals surface area contributed by atoms with E-state index in [-0.39, 0.29) is 12.1 Å². The van der Waals surface area contributed by atoms with Crippen LogP contribution in [0, 0.1) is 0 Å². The predicted molar refractivity (Wildman–Crippen MR) is 117 cm³/mol. The Morgan fingerprint density at radius 3 is 2.81 bits per heavy atom. The van der Waals surface area contributed by atoms with Crippen molar-refractivity contribution in [2.45, 2.75) is 38.3 Å². The van der Waals surface area contributed by atoms with Gasteiger partial charge in [-0.25, -0.2) is 4.98 Å². The average Bonchev–Trinajstić information content (AvgIpc) is 3.49. The number of nitrogens with zero attached hydrogens (tertiary/aromatic N) is 5. The van der Waals surface area contributed by atoms with Gasteiger partial charge in [0.25, 0.3) is 0 Å². The van der Waals surface area contributed by atoms with Gasteiger partial charge in [0, 0.05) is 43.9 Å². The molecule has 0 aromatic carbocycles. The fourth-order valence-electron chi connectivity index (χ4n) is 5.02. The molecular formula is C23H29N5O3. The third-order valence-electron chi connectivity index (χ3n) is 6.64. The van der Waals surface area contributed by atoms with E-state index in [1.807, 2.05) is 4.52 Å². The minimum Gasteiger partial charge on any atom is -0.378 e. The van der Waals surface area contributed by atoms with Crippen molar-refractivity contribution in [2.24, 2.45) is 0 Å². The van der Waals surface area contributed by atoms with E-state index >= 15 is 0 Å². The molecule has 2 aromatic rings. The lowest BCUT2D eigenvalue weighted by Crippen LogP contribution is -2.39. The highest BCUT2D eigenvalue weighted by Gasteiger charge is 2.29. The maximum absolute atomic E-state index is 5.91. The van der Waals surface area contributed by atoms with Gasteiger partial charge in [0.15, 0.2) is 5.65 Å². The molecule has 0 radical (unpaired) electrons. The lowest BCUT2D eigenvalue weighted by atomic mass is 10.0. The summed E-state index contributed by atoms with van der Waals surface area (Å²) in [4.78, 5) is 9.83. The van der Waals surface area contributed by atoms with E-state index < -0.39 is 0 Å². The Bertz CT molecular complexity index is 1030. The molecule has 4 aliphatic rings. The van der Waals surface area contributed by atoms with Crippen LogP contribution in [0.15, 0.2) is 35.6 Å². The molecule has 0 N–H and O–H groups in total. The van der Waals surface area contributed by atoms with Gasteiger partial charge in [-0.3, -0.25) is 0 Å². The minimum absolute atomic E-state index is 0.0735. The second kappa shape index (κ2) is 7.93. The Hall–Kier alpha value is -2.42. The van der Waals surface area contributed by atoms with Crippen molar-refractivity contribution >= 4 is 17.3 Å². The number of rotatable bonds is 3. The lowest BCUT2D eigenvalue weighted by molar-refractivity contribution is 0.108. The standard InChI is InChI=1S/C23H29N5O3/c1-16-4-5-17-15-30-10-6-19(17)27(16)21-14-23(26-7-11-29-12-8-26)28-22(24-21)13-18(25-28)20-3-2-9-31-20/h4-5,13-14,16,20H,2-3,6-12,15H2,1H3. The molecule has 8 heteroatoms. The van der Waals surface area contributed by atoms with E-state index in [9.17, 15) is 0 Å². The second-order valence-electron chi connectivity index (χ2n) is 8.66. The first-order valence-electron chi connectivity index (χ1n) is 11.4. The first-order valence-corrected chi connectivity index (χ1v) is 11.4. The van der Waals surface area contributed by atoms with Crippen LogP contribution in [0.25, 0.3) is 5.65 Å². The van der Waals surface area contributed by atoms with Gasteiger partial charge in [-0.1, -0.05) is 12.2 Å². The average molecular weight is 424 g/mol. The zero-order chi connectivity index (χ0) is 20.8. The molecule has 31 heavy (non-hydrogen) atoms. The Balaban J connectivity index is 1.48. The van der Waals surface area contributed by atoms with Crippen LogP contribution in [-0.4, -0.2) is 66.8 Å². The maximum Gasteiger partial charge on any atom is 0.160 e. The molecular weight excluding hydrogens is 394 g/mol. The molecule has 0 amide bonds. The monoisotopic (exact) mass is 423 g/mol. The summed E-state index contributed by atoms with van der Waals surface area (Å²) in [6.45, 7) is 7.63. The first-order chi connectivity index (χ1) is 15.3. The summed E-state index contributed by atoms with van der Waals surface area (Å²) in [5, 5.41) is 4.94. The fraction of sp³-hybridized carbons (Fsp3) is 0.565. The molecule has 2 saturated heterocycles. The number of aromatic nitrogens is 3. The topological polar surface area (TPSA) is 64.4 Å². The molecule has 6 heterocycles. The molecule has 0 bridgehead atoms. The highest BCUT2D eigenvalue weighted by Crippen LogP contribution is 2.35. The van der Waals surface area contributed by atoms with Crippen molar-refractivity contribution in [1.29, 1.82) is 0 Å². The van der Waals surface area contributed by atoms with Crippen LogP contribution in [0.1, 0.15) is 38.0 Å². The van der Waals surface area contributed by atoms with E-state index in [0.29, 0.717) is 6.61 Å². The molecule has 0 aliphatic carbocycles. The summed E-state index contributed by atoms with van der Waals surface area (Å²) in [6.07, 6.45) is 7.54. The third-order valence-corrected chi connectivity index (χ3v) is 6.64. The molecule has 8 nitrogen and oxygen atoms in total. The van der Waals surface area contributed by atoms with Crippen molar-refractivity contribution in [3.63, 3.8) is 0 Å². The van der Waals surface area contributed by atoms with Gasteiger partial charge in [-0.15, -0.1) is 0 Å². The summed E-state index contributed by atoms with van der Waals surface area (Å²) in [5.41, 5.74) is 4.44. The van der Waals surface area contributed by atoms with Gasteiger partial charge in [0.2, 0.25) is 0 Å². The van der Waals surface area contributed by atoms with Crippen molar-refractivity contribution in [2.75, 3.05) is 55.9 Å². The van der Waals surface area contributed by atoms with Crippen LogP contribution in [0.5, 0.6) is 0 Å². The minimum atomic E-state index is 0.0735. The van der Waals surface area contributed by atoms with Crippen molar-refractivity contribution < 1.29 is 14.2 Å². The normalized spacial score (nSPS) is 26.7. The van der Waals surface area contributed by atoms with Crippen molar-refractivity contribution in [3.8, 4) is 0 Å². The van der Waals surface area contributed by atoms with E-state index in [2.05, 4.69) is 41.0 Å². The summed E-state index contributed by atoms with van der Waals surface area (Å²) < 4.78 is 19.2. The number of hydrogen-bond acceptors (Lipinski definition) is 7. The number of morpholine rings is 1. The molecule has 164 valence electrons. The van der Waals surface area contributed by atoms with E-state index in [4.69, 9.17) is 24.3 Å². The molecule has 0 saturated carbocycles. The predicted octanol–water partition coefficient (Wildman–Crippen LogP) is 2.86. The summed E-state index contributed by atoms with van der Waals surface area (Å²) in [6, 6.07) is 4.54. The van der Waals surface area contributed by atoms with Gasteiger partial charge < -0.3 is 24.0 Å². The van der Waals surface area contributed by atoms with Gasteiger partial charge in [-0.2, -0.15) is 9.61 Å². The van der Waals surface area contributed by atoms with E-state index in [0.717, 1.165) is 81.8 Å². The number of fused-ring (bicyclic) bond motifs is 1. The Labute approximate surface area is 182 Å². The van der Waals surface area contributed by atoms with Gasteiger partial charge >= 0.3 is 0 Å². The molecule has 0 spiro atoms. The molecule has 4 aliphatic heterocycles. The third kappa shape index (κ3) is 3.43. The fourth-order valence-corrected chi connectivity index (χ4v) is 5.02. The molecule has 2 aromatic heterocycles. The van der Waals surface area contributed by atoms with Crippen molar-refractivity contribution in [3.05, 3.63) is 41.2 Å². The quantitative estimate of drug-likeness (QED) is 0.752. The van der Waals surface area contributed by atoms with Gasteiger partial charge in [0.05, 0.1) is 38.2 Å². The number of hydrogen-bond donors (Lipinski definition) is 0. The maximum atomic E-state index is 5.91. The first kappa shape index (κ1) is 19.3. The van der Waals surface area contributed by atoms with Crippen LogP contribution in [-0.2, 0) is 14.2 Å². The number of anilines is 2. The SMILES string of the molecule is CC1C=CC2=C(CCOC2)N1c1cc(N2CCOCC2)n2nc(C3CCCO3)cc2n1. The Kier molecular flexibility index (Phi) is 4.93.